The molecule has 58 heavy (non-hydrogen) atoms. The molecule has 0 aromatic carbocycles. The fourth-order valence-corrected chi connectivity index (χ4v) is 6.55. The topological polar surface area (TPSA) is 99.1 Å². The molecular formula is C50H88NO7+. The first-order valence-electron chi connectivity index (χ1n) is 23.3. The Kier molecular flexibility index (Phi) is 38.7. The molecule has 0 fully saturated rings. The van der Waals surface area contributed by atoms with Gasteiger partial charge in [0.05, 0.1) is 34.4 Å². The summed E-state index contributed by atoms with van der Waals surface area (Å²) in [4.78, 5) is 37.0. The first-order valence-corrected chi connectivity index (χ1v) is 23.3. The number of hydrogen-bond donors (Lipinski definition) is 1. The van der Waals surface area contributed by atoms with Gasteiger partial charge in [-0.2, -0.15) is 0 Å². The smallest absolute Gasteiger partial charge is 0.362 e. The summed E-state index contributed by atoms with van der Waals surface area (Å²) < 4.78 is 17.3. The second kappa shape index (κ2) is 40.8. The van der Waals surface area contributed by atoms with Gasteiger partial charge in [-0.1, -0.05) is 152 Å². The van der Waals surface area contributed by atoms with Gasteiger partial charge in [-0.3, -0.25) is 9.59 Å². The standard InChI is InChI=1S/C50H87NO7/c1-6-8-10-12-14-16-18-20-22-23-24-25-26-27-29-30-32-34-36-38-40-48(52)57-45-46(44-56-43-42-47(50(54)55)51(3,4)5)58-49(53)41-39-37-35-33-31-28-21-19-17-15-13-11-9-7-2/h8,10,14,16,20,22,24-25,28,31,46-47H,6-7,9,11-13,15,17-19,21,23,26-27,29-30,32-45H2,1-5H3/p+1/b10-8+,16-14+,22-20+,25-24+,31-28+. The Morgan fingerprint density at radius 1 is 0.534 bits per heavy atom. The van der Waals surface area contributed by atoms with Gasteiger partial charge in [0.2, 0.25) is 0 Å². The molecule has 334 valence electrons. The largest absolute Gasteiger partial charge is 0.477 e. The molecule has 2 unspecified atom stereocenters. The van der Waals surface area contributed by atoms with E-state index in [1.807, 2.05) is 21.1 Å². The van der Waals surface area contributed by atoms with Crippen molar-refractivity contribution in [2.75, 3.05) is 41.0 Å². The highest BCUT2D eigenvalue weighted by molar-refractivity contribution is 5.72. The van der Waals surface area contributed by atoms with E-state index < -0.39 is 18.1 Å². The lowest BCUT2D eigenvalue weighted by Gasteiger charge is -2.31. The van der Waals surface area contributed by atoms with Crippen LogP contribution in [-0.2, 0) is 28.6 Å². The summed E-state index contributed by atoms with van der Waals surface area (Å²) in [6.45, 7) is 4.59. The van der Waals surface area contributed by atoms with E-state index in [1.165, 1.54) is 70.6 Å². The number of likely N-dealkylation sites (N-methyl/N-ethyl adjacent to an activating group) is 1. The monoisotopic (exact) mass is 815 g/mol. The minimum absolute atomic E-state index is 0.0499. The van der Waals surface area contributed by atoms with Crippen LogP contribution in [0.25, 0.3) is 0 Å². The van der Waals surface area contributed by atoms with Crippen molar-refractivity contribution < 1.29 is 38.2 Å². The first-order chi connectivity index (χ1) is 28.1. The maximum absolute atomic E-state index is 12.7. The third-order valence-corrected chi connectivity index (χ3v) is 10.2. The van der Waals surface area contributed by atoms with E-state index in [0.29, 0.717) is 19.3 Å². The van der Waals surface area contributed by atoms with Crippen LogP contribution in [0.4, 0.5) is 0 Å². The Labute approximate surface area is 356 Å². The van der Waals surface area contributed by atoms with E-state index in [-0.39, 0.29) is 36.2 Å². The van der Waals surface area contributed by atoms with E-state index in [1.54, 1.807) is 0 Å². The maximum atomic E-state index is 12.7. The Morgan fingerprint density at radius 2 is 0.966 bits per heavy atom. The summed E-state index contributed by atoms with van der Waals surface area (Å²) in [5, 5.41) is 9.63. The summed E-state index contributed by atoms with van der Waals surface area (Å²) in [7, 11) is 5.52. The average molecular weight is 815 g/mol. The number of carboxylic acid groups (broad SMARTS) is 1. The average Bonchev–Trinajstić information content (AvgIpc) is 3.18. The van der Waals surface area contributed by atoms with Crippen LogP contribution in [0, 0.1) is 0 Å². The molecule has 0 radical (unpaired) electrons. The lowest BCUT2D eigenvalue weighted by molar-refractivity contribution is -0.887. The van der Waals surface area contributed by atoms with Gasteiger partial charge in [-0.25, -0.2) is 4.79 Å². The van der Waals surface area contributed by atoms with Crippen LogP contribution in [0.2, 0.25) is 0 Å². The van der Waals surface area contributed by atoms with E-state index in [2.05, 4.69) is 74.6 Å². The summed E-state index contributed by atoms with van der Waals surface area (Å²) >= 11 is 0. The molecule has 0 aliphatic rings. The second-order valence-corrected chi connectivity index (χ2v) is 16.6. The van der Waals surface area contributed by atoms with Gasteiger partial charge in [-0.05, 0) is 77.0 Å². The Hall–Kier alpha value is -2.97. The van der Waals surface area contributed by atoms with Crippen molar-refractivity contribution in [2.45, 2.75) is 199 Å². The number of rotatable bonds is 41. The molecule has 0 spiro atoms. The fourth-order valence-electron chi connectivity index (χ4n) is 6.55. The number of hydrogen-bond acceptors (Lipinski definition) is 6. The van der Waals surface area contributed by atoms with Crippen LogP contribution >= 0.6 is 0 Å². The number of esters is 2. The fraction of sp³-hybridized carbons (Fsp3) is 0.740. The molecule has 0 amide bonds. The van der Waals surface area contributed by atoms with Crippen LogP contribution in [0.15, 0.2) is 60.8 Å². The lowest BCUT2D eigenvalue weighted by Crippen LogP contribution is -2.50. The molecule has 0 aliphatic carbocycles. The molecule has 2 atom stereocenters. The molecular weight excluding hydrogens is 727 g/mol. The van der Waals surface area contributed by atoms with Gasteiger partial charge in [-0.15, -0.1) is 0 Å². The summed E-state index contributed by atoms with van der Waals surface area (Å²) in [5.74, 6) is -1.50. The number of ether oxygens (including phenoxy) is 3. The zero-order valence-electron chi connectivity index (χ0n) is 38.0. The van der Waals surface area contributed by atoms with E-state index in [9.17, 15) is 19.5 Å². The number of carbonyl (C=O) groups excluding carboxylic acids is 2. The minimum Gasteiger partial charge on any atom is -0.477 e. The van der Waals surface area contributed by atoms with Gasteiger partial charge in [0, 0.05) is 19.3 Å². The van der Waals surface area contributed by atoms with Crippen molar-refractivity contribution in [2.24, 2.45) is 0 Å². The van der Waals surface area contributed by atoms with Gasteiger partial charge < -0.3 is 23.8 Å². The third kappa shape index (κ3) is 38.5. The van der Waals surface area contributed by atoms with Gasteiger partial charge in [0.15, 0.2) is 12.1 Å². The zero-order valence-corrected chi connectivity index (χ0v) is 38.0. The molecule has 8 heteroatoms. The highest BCUT2D eigenvalue weighted by atomic mass is 16.6. The van der Waals surface area contributed by atoms with Gasteiger partial charge in [0.1, 0.15) is 6.61 Å². The molecule has 0 saturated carbocycles. The number of quaternary nitrogens is 1. The molecule has 1 N–H and O–H groups in total. The van der Waals surface area contributed by atoms with Crippen LogP contribution < -0.4 is 0 Å². The number of carbonyl (C=O) groups is 3. The minimum atomic E-state index is -0.880. The molecule has 0 aromatic rings. The van der Waals surface area contributed by atoms with Crippen LogP contribution in [-0.4, -0.2) is 80.6 Å². The normalized spacial score (nSPS) is 13.5. The number of unbranched alkanes of at least 4 members (excludes halogenated alkanes) is 17. The quantitative estimate of drug-likeness (QED) is 0.0284. The van der Waals surface area contributed by atoms with Crippen molar-refractivity contribution >= 4 is 17.9 Å². The van der Waals surface area contributed by atoms with Crippen LogP contribution in [0.5, 0.6) is 0 Å². The predicted octanol–water partition coefficient (Wildman–Crippen LogP) is 13.0. The van der Waals surface area contributed by atoms with E-state index in [4.69, 9.17) is 14.2 Å². The number of nitrogens with zero attached hydrogens (tertiary/aromatic N) is 1. The second-order valence-electron chi connectivity index (χ2n) is 16.6. The van der Waals surface area contributed by atoms with E-state index >= 15 is 0 Å². The molecule has 0 heterocycles. The molecule has 0 rings (SSSR count). The molecule has 0 aromatic heterocycles. The summed E-state index contributed by atoms with van der Waals surface area (Å²) in [6.07, 6.45) is 49.8. The van der Waals surface area contributed by atoms with Gasteiger partial charge >= 0.3 is 17.9 Å². The number of allylic oxidation sites excluding steroid dienone is 10. The maximum Gasteiger partial charge on any atom is 0.362 e. The van der Waals surface area contributed by atoms with E-state index in [0.717, 1.165) is 83.5 Å². The van der Waals surface area contributed by atoms with Crippen LogP contribution in [0.3, 0.4) is 0 Å². The van der Waals surface area contributed by atoms with Gasteiger partial charge in [0.25, 0.3) is 0 Å². The van der Waals surface area contributed by atoms with Crippen molar-refractivity contribution in [1.82, 2.24) is 0 Å². The van der Waals surface area contributed by atoms with Crippen LogP contribution in [0.1, 0.15) is 187 Å². The SMILES string of the molecule is CC/C=C/C/C=C/C/C=C/C/C=C/CCCCCCCCCC(=O)OCC(COCCC(C(=O)O)[N+](C)(C)C)OC(=O)CCCCC/C=C/CCCCCCCCC. The van der Waals surface area contributed by atoms with Crippen molar-refractivity contribution in [3.63, 3.8) is 0 Å². The zero-order chi connectivity index (χ0) is 42.8. The Bertz CT molecular complexity index is 1130. The van der Waals surface area contributed by atoms with Crippen molar-refractivity contribution in [1.29, 1.82) is 0 Å². The third-order valence-electron chi connectivity index (χ3n) is 10.2. The first kappa shape index (κ1) is 55.0. The summed E-state index contributed by atoms with van der Waals surface area (Å²) in [5.41, 5.74) is 0. The summed E-state index contributed by atoms with van der Waals surface area (Å²) in [6, 6.07) is -0.620. The highest BCUT2D eigenvalue weighted by Gasteiger charge is 2.31. The molecule has 0 saturated heterocycles. The predicted molar refractivity (Wildman–Crippen MR) is 243 cm³/mol. The number of aliphatic carboxylic acids is 1. The molecule has 0 bridgehead atoms. The number of carboxylic acids is 1. The lowest BCUT2D eigenvalue weighted by atomic mass is 10.1. The Morgan fingerprint density at radius 3 is 1.47 bits per heavy atom. The molecule has 8 nitrogen and oxygen atoms in total. The highest BCUT2D eigenvalue weighted by Crippen LogP contribution is 2.14. The van der Waals surface area contributed by atoms with Crippen molar-refractivity contribution in [3.05, 3.63) is 60.8 Å². The Balaban J connectivity index is 4.33. The molecule has 0 aliphatic heterocycles. The van der Waals surface area contributed by atoms with Crippen molar-refractivity contribution in [3.8, 4) is 0 Å².